The van der Waals surface area contributed by atoms with Crippen LogP contribution in [0.25, 0.3) is 0 Å². The van der Waals surface area contributed by atoms with Crippen molar-refractivity contribution >= 4 is 11.6 Å². The van der Waals surface area contributed by atoms with Crippen LogP contribution in [-0.2, 0) is 5.60 Å². The van der Waals surface area contributed by atoms with E-state index in [-0.39, 0.29) is 0 Å². The highest BCUT2D eigenvalue weighted by Crippen LogP contribution is 2.56. The van der Waals surface area contributed by atoms with Gasteiger partial charge < -0.3 is 19.3 Å². The third-order valence-corrected chi connectivity index (χ3v) is 3.25. The molecule has 1 aromatic rings. The molecule has 1 aromatic carbocycles. The number of methoxy groups -OCH3 is 3. The Hall–Kier alpha value is -1.13. The first-order chi connectivity index (χ1) is 8.07. The SMILES string of the molecule is COc1cc(Cl)c(OC)c(C2(O)CC2)c1OC. The molecule has 1 aliphatic carbocycles. The maximum atomic E-state index is 10.3. The number of halogens is 1. The molecule has 0 aliphatic heterocycles. The lowest BCUT2D eigenvalue weighted by atomic mass is 10.0. The second-order valence-corrected chi connectivity index (χ2v) is 4.44. The quantitative estimate of drug-likeness (QED) is 0.901. The summed E-state index contributed by atoms with van der Waals surface area (Å²) in [4.78, 5) is 0. The van der Waals surface area contributed by atoms with Crippen molar-refractivity contribution in [1.82, 2.24) is 0 Å². The number of ether oxygens (including phenoxy) is 3. The molecule has 1 saturated carbocycles. The summed E-state index contributed by atoms with van der Waals surface area (Å²) in [5.41, 5.74) is -0.332. The second-order valence-electron chi connectivity index (χ2n) is 4.03. The molecule has 0 atom stereocenters. The Morgan fingerprint density at radius 2 is 1.71 bits per heavy atom. The summed E-state index contributed by atoms with van der Waals surface area (Å²) in [6.45, 7) is 0. The van der Waals surface area contributed by atoms with E-state index in [1.165, 1.54) is 21.3 Å². The zero-order valence-electron chi connectivity index (χ0n) is 10.0. The molecule has 0 saturated heterocycles. The topological polar surface area (TPSA) is 47.9 Å². The molecule has 0 unspecified atom stereocenters. The largest absolute Gasteiger partial charge is 0.495 e. The Bertz CT molecular complexity index is 441. The van der Waals surface area contributed by atoms with Crippen molar-refractivity contribution in [2.75, 3.05) is 21.3 Å². The average molecular weight is 259 g/mol. The molecule has 5 heteroatoms. The van der Waals surface area contributed by atoms with E-state index in [2.05, 4.69) is 0 Å². The molecule has 0 aromatic heterocycles. The third kappa shape index (κ3) is 1.91. The normalized spacial score (nSPS) is 16.5. The zero-order valence-corrected chi connectivity index (χ0v) is 10.8. The second kappa shape index (κ2) is 4.27. The minimum atomic E-state index is -0.908. The standard InChI is InChI=1S/C12H15ClO4/c1-15-8-6-7(13)10(16-2)9(11(8)17-3)12(14)4-5-12/h6,14H,4-5H2,1-3H3. The van der Waals surface area contributed by atoms with Crippen molar-refractivity contribution in [3.63, 3.8) is 0 Å². The lowest BCUT2D eigenvalue weighted by molar-refractivity contribution is 0.142. The summed E-state index contributed by atoms with van der Waals surface area (Å²) in [5, 5.41) is 10.7. The molecular weight excluding hydrogens is 244 g/mol. The van der Waals surface area contributed by atoms with Crippen LogP contribution in [-0.4, -0.2) is 26.4 Å². The fourth-order valence-corrected chi connectivity index (χ4v) is 2.21. The van der Waals surface area contributed by atoms with Gasteiger partial charge in [-0.15, -0.1) is 0 Å². The van der Waals surface area contributed by atoms with Crippen LogP contribution in [0.2, 0.25) is 5.02 Å². The van der Waals surface area contributed by atoms with Crippen LogP contribution >= 0.6 is 11.6 Å². The molecule has 1 aliphatic rings. The molecule has 17 heavy (non-hydrogen) atoms. The minimum Gasteiger partial charge on any atom is -0.495 e. The van der Waals surface area contributed by atoms with Gasteiger partial charge in [-0.25, -0.2) is 0 Å². The van der Waals surface area contributed by atoms with Gasteiger partial charge in [-0.2, -0.15) is 0 Å². The molecule has 1 fully saturated rings. The third-order valence-electron chi connectivity index (χ3n) is 2.97. The fraction of sp³-hybridized carbons (Fsp3) is 0.500. The first-order valence-corrected chi connectivity index (χ1v) is 5.66. The lowest BCUT2D eigenvalue weighted by Gasteiger charge is -2.20. The van der Waals surface area contributed by atoms with E-state index in [4.69, 9.17) is 25.8 Å². The van der Waals surface area contributed by atoms with E-state index in [1.54, 1.807) is 6.07 Å². The molecule has 1 N–H and O–H groups in total. The van der Waals surface area contributed by atoms with Crippen LogP contribution in [0.4, 0.5) is 0 Å². The summed E-state index contributed by atoms with van der Waals surface area (Å²) in [6, 6.07) is 1.62. The molecule has 94 valence electrons. The van der Waals surface area contributed by atoms with Crippen molar-refractivity contribution in [2.24, 2.45) is 0 Å². The van der Waals surface area contributed by atoms with Crippen LogP contribution in [0.5, 0.6) is 17.2 Å². The fourth-order valence-electron chi connectivity index (χ4n) is 1.94. The Morgan fingerprint density at radius 1 is 1.12 bits per heavy atom. The number of hydrogen-bond donors (Lipinski definition) is 1. The number of hydrogen-bond acceptors (Lipinski definition) is 4. The Balaban J connectivity index is 2.69. The maximum absolute atomic E-state index is 10.3. The van der Waals surface area contributed by atoms with E-state index in [9.17, 15) is 5.11 Å². The lowest BCUT2D eigenvalue weighted by Crippen LogP contribution is -2.10. The first kappa shape index (κ1) is 12.3. The maximum Gasteiger partial charge on any atom is 0.170 e. The van der Waals surface area contributed by atoms with E-state index in [0.29, 0.717) is 40.7 Å². The number of aliphatic hydroxyl groups is 1. The molecule has 0 radical (unpaired) electrons. The van der Waals surface area contributed by atoms with Crippen LogP contribution < -0.4 is 14.2 Å². The van der Waals surface area contributed by atoms with E-state index in [1.807, 2.05) is 0 Å². The van der Waals surface area contributed by atoms with Crippen LogP contribution in [0.3, 0.4) is 0 Å². The van der Waals surface area contributed by atoms with Gasteiger partial charge in [0, 0.05) is 6.07 Å². The Labute approximate surface area is 105 Å². The van der Waals surface area contributed by atoms with Crippen molar-refractivity contribution in [1.29, 1.82) is 0 Å². The number of benzene rings is 1. The number of rotatable bonds is 4. The van der Waals surface area contributed by atoms with Gasteiger partial charge in [0.2, 0.25) is 0 Å². The first-order valence-electron chi connectivity index (χ1n) is 5.28. The molecule has 0 heterocycles. The molecule has 0 amide bonds. The molecular formula is C12H15ClO4. The average Bonchev–Trinajstić information content (AvgIpc) is 3.06. The summed E-state index contributed by atoms with van der Waals surface area (Å²) in [7, 11) is 4.57. The van der Waals surface area contributed by atoms with Gasteiger partial charge in [-0.3, -0.25) is 0 Å². The van der Waals surface area contributed by atoms with Gasteiger partial charge in [0.15, 0.2) is 11.5 Å². The Kier molecular flexibility index (Phi) is 3.10. The van der Waals surface area contributed by atoms with Gasteiger partial charge >= 0.3 is 0 Å². The van der Waals surface area contributed by atoms with Gasteiger partial charge in [0.25, 0.3) is 0 Å². The zero-order chi connectivity index (χ0) is 12.6. The molecule has 0 spiro atoms. The summed E-state index contributed by atoms with van der Waals surface area (Å²) < 4.78 is 15.8. The van der Waals surface area contributed by atoms with Gasteiger partial charge in [-0.1, -0.05) is 11.6 Å². The van der Waals surface area contributed by atoms with Crippen molar-refractivity contribution in [3.05, 3.63) is 16.7 Å². The highest BCUT2D eigenvalue weighted by Gasteiger charge is 2.48. The van der Waals surface area contributed by atoms with Crippen molar-refractivity contribution in [3.8, 4) is 17.2 Å². The minimum absolute atomic E-state index is 0.403. The van der Waals surface area contributed by atoms with Crippen molar-refractivity contribution < 1.29 is 19.3 Å². The summed E-state index contributed by atoms with van der Waals surface area (Å²) in [6.07, 6.45) is 1.34. The monoisotopic (exact) mass is 258 g/mol. The van der Waals surface area contributed by atoms with Crippen LogP contribution in [0.1, 0.15) is 18.4 Å². The van der Waals surface area contributed by atoms with Crippen molar-refractivity contribution in [2.45, 2.75) is 18.4 Å². The molecule has 0 bridgehead atoms. The Morgan fingerprint density at radius 3 is 2.12 bits per heavy atom. The predicted molar refractivity (Wildman–Crippen MR) is 64.2 cm³/mol. The highest BCUT2D eigenvalue weighted by atomic mass is 35.5. The van der Waals surface area contributed by atoms with E-state index < -0.39 is 5.60 Å². The smallest absolute Gasteiger partial charge is 0.170 e. The van der Waals surface area contributed by atoms with Gasteiger partial charge in [0.05, 0.1) is 37.5 Å². The highest BCUT2D eigenvalue weighted by molar-refractivity contribution is 6.32. The van der Waals surface area contributed by atoms with Gasteiger partial charge in [-0.05, 0) is 12.8 Å². The van der Waals surface area contributed by atoms with Crippen LogP contribution in [0, 0.1) is 0 Å². The van der Waals surface area contributed by atoms with Gasteiger partial charge in [0.1, 0.15) is 5.75 Å². The van der Waals surface area contributed by atoms with Crippen LogP contribution in [0.15, 0.2) is 6.07 Å². The summed E-state index contributed by atoms with van der Waals surface area (Å²) in [5.74, 6) is 1.42. The summed E-state index contributed by atoms with van der Waals surface area (Å²) >= 11 is 6.10. The van der Waals surface area contributed by atoms with E-state index in [0.717, 1.165) is 0 Å². The molecule has 4 nitrogen and oxygen atoms in total. The van der Waals surface area contributed by atoms with E-state index >= 15 is 0 Å². The predicted octanol–water partition coefficient (Wildman–Crippen LogP) is 2.35. The molecule has 2 rings (SSSR count).